The minimum Gasteiger partial charge on any atom is -0.390 e. The average Bonchev–Trinajstić information content (AvgIpc) is 3.14. The van der Waals surface area contributed by atoms with Crippen LogP contribution < -0.4 is 4.31 Å². The van der Waals surface area contributed by atoms with E-state index in [0.717, 1.165) is 25.9 Å². The summed E-state index contributed by atoms with van der Waals surface area (Å²) in [5, 5.41) is 10.5. The molecule has 0 saturated carbocycles. The maximum absolute atomic E-state index is 13.1. The van der Waals surface area contributed by atoms with E-state index in [0.29, 0.717) is 12.2 Å². The highest BCUT2D eigenvalue weighted by Gasteiger charge is 2.28. The maximum atomic E-state index is 13.1. The first kappa shape index (κ1) is 17.9. The Bertz CT molecular complexity index is 760. The van der Waals surface area contributed by atoms with Crippen molar-refractivity contribution in [3.05, 3.63) is 60.7 Å². The molecule has 25 heavy (non-hydrogen) atoms. The van der Waals surface area contributed by atoms with Crippen molar-refractivity contribution in [3.8, 4) is 0 Å². The number of aliphatic hydroxyl groups is 1. The number of rotatable bonds is 7. The van der Waals surface area contributed by atoms with Crippen molar-refractivity contribution in [1.29, 1.82) is 0 Å². The average molecular weight is 360 g/mol. The summed E-state index contributed by atoms with van der Waals surface area (Å²) in [4.78, 5) is 2.41. The molecular formula is C19H24N2O3S. The zero-order valence-electron chi connectivity index (χ0n) is 14.2. The lowest BCUT2D eigenvalue weighted by atomic mass is 10.3. The van der Waals surface area contributed by atoms with Gasteiger partial charge in [-0.3, -0.25) is 4.31 Å². The standard InChI is InChI=1S/C19H24N2O3S/c22-18(15-20-13-7-8-14-20)16-21(17-9-3-1-4-10-17)25(23,24)19-11-5-2-6-12-19/h1-6,9-12,18,22H,7-8,13-16H2/t18-/m0/s1. The number of anilines is 1. The van der Waals surface area contributed by atoms with Gasteiger partial charge in [-0.1, -0.05) is 36.4 Å². The maximum Gasteiger partial charge on any atom is 0.264 e. The van der Waals surface area contributed by atoms with Gasteiger partial charge >= 0.3 is 0 Å². The Morgan fingerprint density at radius 2 is 1.52 bits per heavy atom. The molecule has 1 aliphatic heterocycles. The normalized spacial score (nSPS) is 16.7. The SMILES string of the molecule is O=S(=O)(c1ccccc1)N(C[C@@H](O)CN1CCCC1)c1ccccc1. The lowest BCUT2D eigenvalue weighted by molar-refractivity contribution is 0.132. The third-order valence-electron chi connectivity index (χ3n) is 4.42. The molecule has 0 spiro atoms. The van der Waals surface area contributed by atoms with E-state index < -0.39 is 16.1 Å². The monoisotopic (exact) mass is 360 g/mol. The number of para-hydroxylation sites is 1. The molecule has 0 aliphatic carbocycles. The van der Waals surface area contributed by atoms with Crippen molar-refractivity contribution < 1.29 is 13.5 Å². The fourth-order valence-corrected chi connectivity index (χ4v) is 4.69. The summed E-state index contributed by atoms with van der Waals surface area (Å²) in [6.07, 6.45) is 1.53. The van der Waals surface area contributed by atoms with E-state index in [-0.39, 0.29) is 11.4 Å². The van der Waals surface area contributed by atoms with E-state index >= 15 is 0 Å². The van der Waals surface area contributed by atoms with Crippen molar-refractivity contribution in [2.24, 2.45) is 0 Å². The van der Waals surface area contributed by atoms with Gasteiger partial charge in [0, 0.05) is 6.54 Å². The lowest BCUT2D eigenvalue weighted by Gasteiger charge is -2.28. The van der Waals surface area contributed by atoms with Gasteiger partial charge in [-0.15, -0.1) is 0 Å². The number of hydrogen-bond donors (Lipinski definition) is 1. The first-order chi connectivity index (χ1) is 12.1. The van der Waals surface area contributed by atoms with Crippen LogP contribution in [0.4, 0.5) is 5.69 Å². The zero-order chi connectivity index (χ0) is 17.7. The molecule has 2 aromatic carbocycles. The first-order valence-corrected chi connectivity index (χ1v) is 10.0. The van der Waals surface area contributed by atoms with E-state index in [4.69, 9.17) is 0 Å². The molecule has 0 unspecified atom stereocenters. The molecule has 0 radical (unpaired) electrons. The minimum atomic E-state index is -3.73. The minimum absolute atomic E-state index is 0.0394. The van der Waals surface area contributed by atoms with Gasteiger partial charge in [-0.05, 0) is 50.2 Å². The first-order valence-electron chi connectivity index (χ1n) is 8.60. The Balaban J connectivity index is 1.85. The Morgan fingerprint density at radius 3 is 2.12 bits per heavy atom. The van der Waals surface area contributed by atoms with Gasteiger partial charge in [0.1, 0.15) is 0 Å². The van der Waals surface area contributed by atoms with Gasteiger partial charge in [-0.25, -0.2) is 8.42 Å². The number of aliphatic hydroxyl groups excluding tert-OH is 1. The zero-order valence-corrected chi connectivity index (χ0v) is 15.0. The van der Waals surface area contributed by atoms with Crippen LogP contribution in [0.15, 0.2) is 65.6 Å². The molecule has 1 atom stereocenters. The van der Waals surface area contributed by atoms with Crippen LogP contribution in [0, 0.1) is 0 Å². The summed E-state index contributed by atoms with van der Waals surface area (Å²) in [5.74, 6) is 0. The van der Waals surface area contributed by atoms with Crippen molar-refractivity contribution in [1.82, 2.24) is 4.90 Å². The van der Waals surface area contributed by atoms with Crippen molar-refractivity contribution >= 4 is 15.7 Å². The molecule has 134 valence electrons. The van der Waals surface area contributed by atoms with Crippen LogP contribution in [0.2, 0.25) is 0 Å². The van der Waals surface area contributed by atoms with Gasteiger partial charge in [0.2, 0.25) is 0 Å². The molecule has 0 aromatic heterocycles. The molecule has 1 fully saturated rings. The van der Waals surface area contributed by atoms with E-state index in [2.05, 4.69) is 4.90 Å². The summed E-state index contributed by atoms with van der Waals surface area (Å²) in [7, 11) is -3.73. The van der Waals surface area contributed by atoms with Crippen molar-refractivity contribution in [3.63, 3.8) is 0 Å². The van der Waals surface area contributed by atoms with Gasteiger partial charge in [0.25, 0.3) is 10.0 Å². The number of sulfonamides is 1. The highest BCUT2D eigenvalue weighted by Crippen LogP contribution is 2.24. The van der Waals surface area contributed by atoms with Gasteiger partial charge in [0.05, 0.1) is 23.2 Å². The van der Waals surface area contributed by atoms with Gasteiger partial charge in [0.15, 0.2) is 0 Å². The molecule has 5 nitrogen and oxygen atoms in total. The van der Waals surface area contributed by atoms with Crippen LogP contribution in [0.1, 0.15) is 12.8 Å². The van der Waals surface area contributed by atoms with Crippen molar-refractivity contribution in [2.75, 3.05) is 30.5 Å². The van der Waals surface area contributed by atoms with Crippen LogP contribution in [0.5, 0.6) is 0 Å². The van der Waals surface area contributed by atoms with Crippen LogP contribution >= 0.6 is 0 Å². The Labute approximate surface area is 149 Å². The molecule has 2 aromatic rings. The smallest absolute Gasteiger partial charge is 0.264 e. The number of hydrogen-bond acceptors (Lipinski definition) is 4. The number of benzene rings is 2. The molecule has 0 bridgehead atoms. The molecule has 1 saturated heterocycles. The molecule has 0 amide bonds. The highest BCUT2D eigenvalue weighted by atomic mass is 32.2. The summed E-state index contributed by atoms with van der Waals surface area (Å²) < 4.78 is 27.5. The van der Waals surface area contributed by atoms with E-state index in [1.807, 2.05) is 6.07 Å². The summed E-state index contributed by atoms with van der Waals surface area (Å²) in [5.41, 5.74) is 0.562. The largest absolute Gasteiger partial charge is 0.390 e. The van der Waals surface area contributed by atoms with Crippen LogP contribution in [-0.2, 0) is 10.0 Å². The molecule has 6 heteroatoms. The molecular weight excluding hydrogens is 336 g/mol. The number of likely N-dealkylation sites (tertiary alicyclic amines) is 1. The summed E-state index contributed by atoms with van der Waals surface area (Å²) in [6.45, 7) is 2.47. The Morgan fingerprint density at radius 1 is 0.960 bits per heavy atom. The summed E-state index contributed by atoms with van der Waals surface area (Å²) >= 11 is 0. The second kappa shape index (κ2) is 7.99. The van der Waals surface area contributed by atoms with Gasteiger partial charge < -0.3 is 10.0 Å². The van der Waals surface area contributed by atoms with Crippen LogP contribution in [0.3, 0.4) is 0 Å². The number of β-amino-alcohol motifs (C(OH)–C–C–N with tert-alkyl or cyclic N) is 1. The summed E-state index contributed by atoms with van der Waals surface area (Å²) in [6, 6.07) is 17.3. The second-order valence-electron chi connectivity index (χ2n) is 6.35. The predicted molar refractivity (Wildman–Crippen MR) is 99.1 cm³/mol. The topological polar surface area (TPSA) is 60.9 Å². The fraction of sp³-hybridized carbons (Fsp3) is 0.368. The third-order valence-corrected chi connectivity index (χ3v) is 6.23. The fourth-order valence-electron chi connectivity index (χ4n) is 3.17. The van der Waals surface area contributed by atoms with E-state index in [1.54, 1.807) is 54.6 Å². The van der Waals surface area contributed by atoms with E-state index in [1.165, 1.54) is 4.31 Å². The Kier molecular flexibility index (Phi) is 5.73. The van der Waals surface area contributed by atoms with Crippen LogP contribution in [0.25, 0.3) is 0 Å². The Hall–Kier alpha value is -1.89. The molecule has 1 heterocycles. The quantitative estimate of drug-likeness (QED) is 0.823. The van der Waals surface area contributed by atoms with Crippen LogP contribution in [-0.4, -0.2) is 50.7 Å². The molecule has 1 N–H and O–H groups in total. The van der Waals surface area contributed by atoms with Gasteiger partial charge in [-0.2, -0.15) is 0 Å². The van der Waals surface area contributed by atoms with Crippen molar-refractivity contribution in [2.45, 2.75) is 23.8 Å². The highest BCUT2D eigenvalue weighted by molar-refractivity contribution is 7.92. The third kappa shape index (κ3) is 4.39. The van der Waals surface area contributed by atoms with E-state index in [9.17, 15) is 13.5 Å². The number of nitrogens with zero attached hydrogens (tertiary/aromatic N) is 2. The molecule has 1 aliphatic rings. The lowest BCUT2D eigenvalue weighted by Crippen LogP contribution is -2.42. The predicted octanol–water partition coefficient (Wildman–Crippen LogP) is 2.34. The molecule has 3 rings (SSSR count). The second-order valence-corrected chi connectivity index (χ2v) is 8.21.